The molecule has 0 spiro atoms. The fourth-order valence-electron chi connectivity index (χ4n) is 7.87. The van der Waals surface area contributed by atoms with E-state index in [4.69, 9.17) is 16.3 Å². The zero-order valence-corrected chi connectivity index (χ0v) is 23.0. The highest BCUT2D eigenvalue weighted by molar-refractivity contribution is 6.31. The molecule has 7 rings (SSSR count). The molecule has 2 aromatic rings. The summed E-state index contributed by atoms with van der Waals surface area (Å²) in [4.78, 5) is 57.0. The van der Waals surface area contributed by atoms with Gasteiger partial charge in [-0.15, -0.1) is 0 Å². The van der Waals surface area contributed by atoms with Crippen LogP contribution in [0, 0.1) is 40.8 Å². The highest BCUT2D eigenvalue weighted by atomic mass is 35.5. The van der Waals surface area contributed by atoms with Gasteiger partial charge in [-0.2, -0.15) is 0 Å². The number of phenols is 1. The number of benzene rings is 2. The van der Waals surface area contributed by atoms with Crippen molar-refractivity contribution in [3.05, 3.63) is 76.3 Å². The second-order valence-electron chi connectivity index (χ2n) is 11.8. The fraction of sp³-hybridized carbons (Fsp3) is 0.355. The molecule has 8 nitrogen and oxygen atoms in total. The van der Waals surface area contributed by atoms with Gasteiger partial charge < -0.3 is 9.84 Å². The number of phenolic OH excluding ortho intramolecular Hbond substituents is 1. The number of allylic oxidation sites excluding steroid dienone is 3. The lowest BCUT2D eigenvalue weighted by Crippen LogP contribution is -2.51. The third-order valence-corrected chi connectivity index (χ3v) is 10.1. The van der Waals surface area contributed by atoms with Crippen molar-refractivity contribution in [2.75, 3.05) is 11.9 Å². The minimum absolute atomic E-state index is 0.0727. The minimum Gasteiger partial charge on any atom is -0.508 e. The molecule has 6 atom stereocenters. The molecule has 0 bridgehead atoms. The second-order valence-corrected chi connectivity index (χ2v) is 12.2. The average Bonchev–Trinajstić information content (AvgIpc) is 3.29. The van der Waals surface area contributed by atoms with Crippen LogP contribution in [-0.2, 0) is 25.6 Å². The summed E-state index contributed by atoms with van der Waals surface area (Å²) in [6.45, 7) is 1.77. The van der Waals surface area contributed by atoms with Crippen molar-refractivity contribution in [1.29, 1.82) is 0 Å². The van der Waals surface area contributed by atoms with Gasteiger partial charge in [0.25, 0.3) is 0 Å². The van der Waals surface area contributed by atoms with Crippen LogP contribution in [-0.4, -0.2) is 40.7 Å². The Bertz CT molecular complexity index is 1650. The molecular formula is C31H26ClFN2O6. The van der Waals surface area contributed by atoms with Crippen LogP contribution in [0.4, 0.5) is 10.1 Å². The maximum Gasteiger partial charge on any atom is 0.241 e. The number of halogens is 2. The molecule has 2 saturated heterocycles. The predicted octanol–water partition coefficient (Wildman–Crippen LogP) is 4.40. The molecule has 5 aliphatic rings. The number of imide groups is 2. The van der Waals surface area contributed by atoms with Crippen molar-refractivity contribution in [2.45, 2.75) is 26.2 Å². The van der Waals surface area contributed by atoms with Gasteiger partial charge >= 0.3 is 0 Å². The highest BCUT2D eigenvalue weighted by Crippen LogP contribution is 2.62. The van der Waals surface area contributed by atoms with Gasteiger partial charge in [0.1, 0.15) is 17.3 Å². The lowest BCUT2D eigenvalue weighted by molar-refractivity contribution is -0.139. The molecule has 2 aliphatic carbocycles. The molecule has 4 amide bonds. The zero-order valence-electron chi connectivity index (χ0n) is 22.3. The first kappa shape index (κ1) is 26.0. The third-order valence-electron chi connectivity index (χ3n) is 9.80. The molecule has 0 radical (unpaired) electrons. The smallest absolute Gasteiger partial charge is 0.241 e. The second kappa shape index (κ2) is 8.76. The van der Waals surface area contributed by atoms with Gasteiger partial charge in [0.2, 0.25) is 23.6 Å². The molecule has 0 unspecified atom stereocenters. The van der Waals surface area contributed by atoms with Crippen LogP contribution in [0.2, 0.25) is 5.02 Å². The van der Waals surface area contributed by atoms with E-state index in [2.05, 4.69) is 0 Å². The fourth-order valence-corrected chi connectivity index (χ4v) is 8.05. The van der Waals surface area contributed by atoms with E-state index < -0.39 is 52.6 Å². The van der Waals surface area contributed by atoms with Crippen molar-refractivity contribution >= 4 is 40.9 Å². The number of hydrogen-bond acceptors (Lipinski definition) is 6. The molecular weight excluding hydrogens is 551 g/mol. The molecule has 0 aromatic heterocycles. The molecule has 3 aliphatic heterocycles. The number of hydrogen-bond donors (Lipinski definition) is 1. The quantitative estimate of drug-likeness (QED) is 0.420. The van der Waals surface area contributed by atoms with Crippen molar-refractivity contribution in [1.82, 2.24) is 4.90 Å². The first-order valence-electron chi connectivity index (χ1n) is 13.5. The van der Waals surface area contributed by atoms with Crippen LogP contribution < -0.4 is 9.64 Å². The SMILES string of the molecule is CN1C(=O)[C@H]2[C@H](CC=C3[C@H](C4=COc5ccc(O)cc5C4)[C@]4(C)C(=O)N(c5ccc(F)c(Cl)c5)C(=O)[C@@H]4C[C@H]32)C1=O. The van der Waals surface area contributed by atoms with Gasteiger partial charge in [0, 0.05) is 24.9 Å². The van der Waals surface area contributed by atoms with Gasteiger partial charge in [-0.3, -0.25) is 24.1 Å². The lowest BCUT2D eigenvalue weighted by atomic mass is 9.51. The van der Waals surface area contributed by atoms with Crippen molar-refractivity contribution in [3.8, 4) is 11.5 Å². The molecule has 1 N–H and O–H groups in total. The Balaban J connectivity index is 1.38. The summed E-state index contributed by atoms with van der Waals surface area (Å²) in [6, 6.07) is 8.54. The Kier molecular flexibility index (Phi) is 5.54. The highest BCUT2D eigenvalue weighted by Gasteiger charge is 2.67. The van der Waals surface area contributed by atoms with E-state index in [1.165, 1.54) is 30.1 Å². The Morgan fingerprint density at radius 2 is 1.83 bits per heavy atom. The number of fused-ring (bicyclic) bond motifs is 5. The minimum atomic E-state index is -1.26. The summed E-state index contributed by atoms with van der Waals surface area (Å²) in [6.07, 6.45) is 4.49. The number of nitrogens with zero attached hydrogens (tertiary/aromatic N) is 2. The van der Waals surface area contributed by atoms with E-state index in [0.717, 1.165) is 27.7 Å². The number of aromatic hydroxyl groups is 1. The largest absolute Gasteiger partial charge is 0.508 e. The van der Waals surface area contributed by atoms with Gasteiger partial charge in [-0.25, -0.2) is 9.29 Å². The van der Waals surface area contributed by atoms with E-state index in [0.29, 0.717) is 18.6 Å². The number of amides is 4. The summed E-state index contributed by atoms with van der Waals surface area (Å²) < 4.78 is 20.0. The maximum atomic E-state index is 14.4. The van der Waals surface area contributed by atoms with E-state index in [1.807, 2.05) is 6.08 Å². The zero-order chi connectivity index (χ0) is 29.0. The molecule has 41 heavy (non-hydrogen) atoms. The average molecular weight is 577 g/mol. The Hall–Kier alpha value is -3.98. The maximum absolute atomic E-state index is 14.4. The Labute approximate surface area is 240 Å². The molecule has 3 heterocycles. The van der Waals surface area contributed by atoms with Crippen molar-refractivity contribution < 1.29 is 33.4 Å². The van der Waals surface area contributed by atoms with Crippen LogP contribution in [0.25, 0.3) is 0 Å². The summed E-state index contributed by atoms with van der Waals surface area (Å²) in [7, 11) is 1.48. The number of carbonyl (C=O) groups is 4. The van der Waals surface area contributed by atoms with Gasteiger partial charge in [-0.05, 0) is 67.7 Å². The number of carbonyl (C=O) groups excluding carboxylic acids is 4. The van der Waals surface area contributed by atoms with Crippen molar-refractivity contribution in [2.24, 2.45) is 35.0 Å². The Morgan fingerprint density at radius 3 is 2.59 bits per heavy atom. The summed E-state index contributed by atoms with van der Waals surface area (Å²) in [5.74, 6) is -4.44. The Morgan fingerprint density at radius 1 is 1.05 bits per heavy atom. The summed E-state index contributed by atoms with van der Waals surface area (Å²) >= 11 is 6.04. The normalized spacial score (nSPS) is 32.1. The third kappa shape index (κ3) is 3.44. The molecule has 1 saturated carbocycles. The van der Waals surface area contributed by atoms with Gasteiger partial charge in [-0.1, -0.05) is 23.3 Å². The van der Waals surface area contributed by atoms with Crippen LogP contribution in [0.1, 0.15) is 25.3 Å². The van der Waals surface area contributed by atoms with Crippen LogP contribution in [0.15, 0.2) is 59.9 Å². The van der Waals surface area contributed by atoms with E-state index in [9.17, 15) is 28.7 Å². The standard InChI is InChI=1S/C31H26ClFN2O6/c1-31-21(28(38)35(30(31)40)16-3-7-23(33)22(32)11-16)12-20-18(5-6-19-25(20)29(39)34(2)27(19)37)26(31)15-9-14-10-17(36)4-8-24(14)41-13-15/h3-5,7-8,10-11,13,19-21,25-26,36H,6,9,12H2,1-2H3/t19-,20+,21-,25-,26-,31+/m0/s1. The van der Waals surface area contributed by atoms with Gasteiger partial charge in [0.05, 0.1) is 40.1 Å². The van der Waals surface area contributed by atoms with E-state index >= 15 is 0 Å². The van der Waals surface area contributed by atoms with Crippen LogP contribution >= 0.6 is 11.6 Å². The summed E-state index contributed by atoms with van der Waals surface area (Å²) in [5.41, 5.74) is 1.22. The van der Waals surface area contributed by atoms with Crippen LogP contribution in [0.3, 0.4) is 0 Å². The first-order chi connectivity index (χ1) is 19.5. The monoisotopic (exact) mass is 576 g/mol. The number of likely N-dealkylation sites (tertiary alicyclic amines) is 1. The van der Waals surface area contributed by atoms with Crippen LogP contribution in [0.5, 0.6) is 11.5 Å². The molecule has 10 heteroatoms. The lowest BCUT2D eigenvalue weighted by Gasteiger charge is -2.49. The number of rotatable bonds is 2. The van der Waals surface area contributed by atoms with E-state index in [1.54, 1.807) is 25.3 Å². The number of anilines is 1. The van der Waals surface area contributed by atoms with Gasteiger partial charge in [0.15, 0.2) is 0 Å². The molecule has 210 valence electrons. The number of ether oxygens (including phenoxy) is 1. The topological polar surface area (TPSA) is 104 Å². The van der Waals surface area contributed by atoms with E-state index in [-0.39, 0.29) is 34.7 Å². The first-order valence-corrected chi connectivity index (χ1v) is 13.9. The molecule has 2 aromatic carbocycles. The molecule has 3 fully saturated rings. The summed E-state index contributed by atoms with van der Waals surface area (Å²) in [5, 5.41) is 9.92. The van der Waals surface area contributed by atoms with Crippen molar-refractivity contribution in [3.63, 3.8) is 0 Å². The predicted molar refractivity (Wildman–Crippen MR) is 145 cm³/mol.